The van der Waals surface area contributed by atoms with Crippen LogP contribution in [0.25, 0.3) is 0 Å². The van der Waals surface area contributed by atoms with Crippen molar-refractivity contribution < 1.29 is 15.0 Å². The highest BCUT2D eigenvalue weighted by Gasteiger charge is 2.45. The van der Waals surface area contributed by atoms with Crippen LogP contribution in [0.4, 0.5) is 0 Å². The number of hydrogen-bond acceptors (Lipinski definition) is 5. The number of aliphatic hydroxyl groups is 1. The van der Waals surface area contributed by atoms with Gasteiger partial charge in [0.15, 0.2) is 5.72 Å². The van der Waals surface area contributed by atoms with Crippen LogP contribution in [-0.2, 0) is 5.72 Å². The van der Waals surface area contributed by atoms with Crippen molar-refractivity contribution in [2.24, 2.45) is 5.10 Å². The van der Waals surface area contributed by atoms with Crippen molar-refractivity contribution in [1.82, 2.24) is 9.99 Å². The van der Waals surface area contributed by atoms with Crippen LogP contribution >= 0.6 is 0 Å². The van der Waals surface area contributed by atoms with Gasteiger partial charge in [-0.3, -0.25) is 9.78 Å². The number of carbonyl (C=O) groups excluding carboxylic acids is 1. The average molecular weight is 297 g/mol. The van der Waals surface area contributed by atoms with Crippen LogP contribution < -0.4 is 0 Å². The molecule has 22 heavy (non-hydrogen) atoms. The van der Waals surface area contributed by atoms with Crippen LogP contribution in [-0.4, -0.2) is 31.8 Å². The monoisotopic (exact) mass is 297 g/mol. The minimum Gasteiger partial charge on any atom is -0.508 e. The number of hydrogen-bond donors (Lipinski definition) is 2. The molecule has 1 aromatic heterocycles. The van der Waals surface area contributed by atoms with Gasteiger partial charge in [-0.15, -0.1) is 0 Å². The zero-order valence-corrected chi connectivity index (χ0v) is 12.0. The van der Waals surface area contributed by atoms with Gasteiger partial charge in [0.1, 0.15) is 5.75 Å². The van der Waals surface area contributed by atoms with Gasteiger partial charge in [-0.25, -0.2) is 0 Å². The van der Waals surface area contributed by atoms with E-state index in [4.69, 9.17) is 0 Å². The van der Waals surface area contributed by atoms with Gasteiger partial charge in [-0.1, -0.05) is 12.1 Å². The Hall–Kier alpha value is -2.73. The van der Waals surface area contributed by atoms with Crippen molar-refractivity contribution >= 4 is 11.6 Å². The molecule has 0 saturated carbocycles. The first kappa shape index (κ1) is 14.2. The largest absolute Gasteiger partial charge is 0.508 e. The van der Waals surface area contributed by atoms with Crippen molar-refractivity contribution in [1.29, 1.82) is 0 Å². The number of phenolic OH excluding ortho intramolecular Hbond substituents is 1. The first-order valence-electron chi connectivity index (χ1n) is 6.81. The molecule has 3 rings (SSSR count). The summed E-state index contributed by atoms with van der Waals surface area (Å²) in [5, 5.41) is 25.7. The smallest absolute Gasteiger partial charge is 0.277 e. The van der Waals surface area contributed by atoms with Gasteiger partial charge in [0.05, 0.1) is 0 Å². The fourth-order valence-corrected chi connectivity index (χ4v) is 2.52. The maximum Gasteiger partial charge on any atom is 0.277 e. The number of benzene rings is 1. The second-order valence-corrected chi connectivity index (χ2v) is 5.24. The molecule has 2 aromatic rings. The lowest BCUT2D eigenvalue weighted by atomic mass is 9.99. The molecule has 1 aromatic carbocycles. The Labute approximate surface area is 127 Å². The second kappa shape index (κ2) is 5.23. The summed E-state index contributed by atoms with van der Waals surface area (Å²) in [4.78, 5) is 16.7. The highest BCUT2D eigenvalue weighted by molar-refractivity contribution is 5.98. The van der Waals surface area contributed by atoms with Crippen LogP contribution in [0.1, 0.15) is 29.3 Å². The number of pyridine rings is 1. The number of aromatic hydroxyl groups is 1. The molecular formula is C16H15N3O3. The molecule has 1 atom stereocenters. The zero-order valence-electron chi connectivity index (χ0n) is 12.0. The van der Waals surface area contributed by atoms with Crippen LogP contribution in [0, 0.1) is 0 Å². The fourth-order valence-electron chi connectivity index (χ4n) is 2.52. The molecule has 1 aliphatic rings. The SMILES string of the molecule is CC1=NN(C(=O)c2cccc(O)c2)C(O)(c2cccnc2)C1. The summed E-state index contributed by atoms with van der Waals surface area (Å²) >= 11 is 0. The predicted molar refractivity (Wildman–Crippen MR) is 80.1 cm³/mol. The molecule has 0 radical (unpaired) electrons. The highest BCUT2D eigenvalue weighted by Crippen LogP contribution is 2.36. The van der Waals surface area contributed by atoms with Crippen molar-refractivity contribution in [2.45, 2.75) is 19.1 Å². The summed E-state index contributed by atoms with van der Waals surface area (Å²) in [6.45, 7) is 1.75. The van der Waals surface area contributed by atoms with E-state index in [0.29, 0.717) is 11.3 Å². The van der Waals surface area contributed by atoms with E-state index in [-0.39, 0.29) is 17.7 Å². The van der Waals surface area contributed by atoms with Crippen LogP contribution in [0.15, 0.2) is 53.9 Å². The Morgan fingerprint density at radius 2 is 2.14 bits per heavy atom. The van der Waals surface area contributed by atoms with Gasteiger partial charge in [-0.05, 0) is 31.2 Å². The second-order valence-electron chi connectivity index (χ2n) is 5.24. The third-order valence-electron chi connectivity index (χ3n) is 3.53. The van der Waals surface area contributed by atoms with Gasteiger partial charge < -0.3 is 10.2 Å². The first-order valence-corrected chi connectivity index (χ1v) is 6.81. The highest BCUT2D eigenvalue weighted by atomic mass is 16.3. The zero-order chi connectivity index (χ0) is 15.7. The Morgan fingerprint density at radius 1 is 1.32 bits per heavy atom. The molecule has 6 nitrogen and oxygen atoms in total. The molecular weight excluding hydrogens is 282 g/mol. The number of carbonyl (C=O) groups is 1. The lowest BCUT2D eigenvalue weighted by Gasteiger charge is -2.31. The number of aromatic nitrogens is 1. The van der Waals surface area contributed by atoms with E-state index in [1.54, 1.807) is 37.4 Å². The molecule has 0 saturated heterocycles. The lowest BCUT2D eigenvalue weighted by molar-refractivity contribution is -0.0767. The molecule has 0 bridgehead atoms. The van der Waals surface area contributed by atoms with E-state index < -0.39 is 11.6 Å². The van der Waals surface area contributed by atoms with E-state index in [0.717, 1.165) is 5.01 Å². The number of hydrazone groups is 1. The molecule has 0 fully saturated rings. The summed E-state index contributed by atoms with van der Waals surface area (Å²) < 4.78 is 0. The van der Waals surface area contributed by atoms with Crippen LogP contribution in [0.3, 0.4) is 0 Å². The van der Waals surface area contributed by atoms with Gasteiger partial charge >= 0.3 is 0 Å². The molecule has 1 amide bonds. The van der Waals surface area contributed by atoms with E-state index in [1.165, 1.54) is 18.3 Å². The van der Waals surface area contributed by atoms with E-state index in [2.05, 4.69) is 10.1 Å². The summed E-state index contributed by atoms with van der Waals surface area (Å²) in [6, 6.07) is 9.34. The quantitative estimate of drug-likeness (QED) is 0.885. The van der Waals surface area contributed by atoms with Crippen molar-refractivity contribution in [3.05, 3.63) is 59.9 Å². The average Bonchev–Trinajstić information content (AvgIpc) is 2.83. The molecule has 1 unspecified atom stereocenters. The van der Waals surface area contributed by atoms with E-state index in [1.807, 2.05) is 0 Å². The topological polar surface area (TPSA) is 86.0 Å². The maximum absolute atomic E-state index is 12.7. The molecule has 0 spiro atoms. The van der Waals surface area contributed by atoms with Crippen molar-refractivity contribution in [3.63, 3.8) is 0 Å². The van der Waals surface area contributed by atoms with E-state index >= 15 is 0 Å². The fraction of sp³-hybridized carbons (Fsp3) is 0.188. The van der Waals surface area contributed by atoms with Crippen LogP contribution in [0.5, 0.6) is 5.75 Å². The molecule has 2 N–H and O–H groups in total. The van der Waals surface area contributed by atoms with Gasteiger partial charge in [-0.2, -0.15) is 10.1 Å². The van der Waals surface area contributed by atoms with E-state index in [9.17, 15) is 15.0 Å². The number of phenols is 1. The Bertz CT molecular complexity index is 745. The summed E-state index contributed by atoms with van der Waals surface area (Å²) in [5.41, 5.74) is -0.189. The summed E-state index contributed by atoms with van der Waals surface area (Å²) in [6.07, 6.45) is 3.32. The standard InChI is InChI=1S/C16H15N3O3/c1-11-9-16(22,13-5-3-7-17-10-13)19(18-11)15(21)12-4-2-6-14(20)8-12/h2-8,10,20,22H,9H2,1H3. The number of rotatable bonds is 2. The Kier molecular flexibility index (Phi) is 3.38. The normalized spacial score (nSPS) is 20.8. The maximum atomic E-state index is 12.7. The Morgan fingerprint density at radius 3 is 2.82 bits per heavy atom. The number of nitrogens with zero attached hydrogens (tertiary/aromatic N) is 3. The van der Waals surface area contributed by atoms with Crippen molar-refractivity contribution in [2.75, 3.05) is 0 Å². The third kappa shape index (κ3) is 2.33. The predicted octanol–water partition coefficient (Wildman–Crippen LogP) is 1.85. The molecule has 1 aliphatic heterocycles. The molecule has 112 valence electrons. The van der Waals surface area contributed by atoms with Crippen LogP contribution in [0.2, 0.25) is 0 Å². The minimum absolute atomic E-state index is 0.0179. The van der Waals surface area contributed by atoms with Crippen molar-refractivity contribution in [3.8, 4) is 5.75 Å². The summed E-state index contributed by atoms with van der Waals surface area (Å²) in [5.74, 6) is -0.505. The third-order valence-corrected chi connectivity index (χ3v) is 3.53. The van der Waals surface area contributed by atoms with Gasteiger partial charge in [0.25, 0.3) is 5.91 Å². The minimum atomic E-state index is -1.57. The van der Waals surface area contributed by atoms with Gasteiger partial charge in [0, 0.05) is 35.7 Å². The Balaban J connectivity index is 2.02. The van der Waals surface area contributed by atoms with Gasteiger partial charge in [0.2, 0.25) is 0 Å². The first-order chi connectivity index (χ1) is 10.5. The molecule has 6 heteroatoms. The molecule has 2 heterocycles. The summed E-state index contributed by atoms with van der Waals surface area (Å²) in [7, 11) is 0. The number of amides is 1. The molecule has 0 aliphatic carbocycles. The lowest BCUT2D eigenvalue weighted by Crippen LogP contribution is -2.43.